The van der Waals surface area contributed by atoms with Crippen LogP contribution in [0.2, 0.25) is 10.0 Å². The summed E-state index contributed by atoms with van der Waals surface area (Å²) >= 11 is 11.8. The smallest absolute Gasteiger partial charge is 0.242 e. The van der Waals surface area contributed by atoms with Crippen molar-refractivity contribution in [3.63, 3.8) is 0 Å². The highest BCUT2D eigenvalue weighted by molar-refractivity contribution is 7.89. The van der Waals surface area contributed by atoms with Crippen LogP contribution in [0.4, 0.5) is 4.39 Å². The number of benzene rings is 2. The molecule has 0 bridgehead atoms. The van der Waals surface area contributed by atoms with Crippen LogP contribution in [0.5, 0.6) is 5.88 Å². The third-order valence-electron chi connectivity index (χ3n) is 3.63. The van der Waals surface area contributed by atoms with Crippen molar-refractivity contribution >= 4 is 33.2 Å². The van der Waals surface area contributed by atoms with E-state index in [1.807, 2.05) is 0 Å². The third-order valence-corrected chi connectivity index (χ3v) is 6.06. The Morgan fingerprint density at radius 2 is 1.75 bits per heavy atom. The lowest BCUT2D eigenvalue weighted by atomic mass is 10.1. The van der Waals surface area contributed by atoms with Crippen LogP contribution in [0.15, 0.2) is 59.5 Å². The molecule has 0 aliphatic heterocycles. The van der Waals surface area contributed by atoms with E-state index in [9.17, 15) is 12.8 Å². The van der Waals surface area contributed by atoms with Crippen LogP contribution in [0.1, 0.15) is 0 Å². The maximum absolute atomic E-state index is 13.0. The molecule has 1 aromatic heterocycles. The molecule has 0 radical (unpaired) electrons. The Hall–Kier alpha value is -2.26. The Balaban J connectivity index is 1.55. The van der Waals surface area contributed by atoms with Gasteiger partial charge < -0.3 is 4.74 Å². The Morgan fingerprint density at radius 1 is 1.00 bits per heavy atom. The minimum Gasteiger partial charge on any atom is -0.475 e. The van der Waals surface area contributed by atoms with E-state index in [-0.39, 0.29) is 39.8 Å². The van der Waals surface area contributed by atoms with Crippen molar-refractivity contribution in [3.05, 3.63) is 70.5 Å². The minimum absolute atomic E-state index is 0.00737. The number of aromatic nitrogens is 2. The van der Waals surface area contributed by atoms with E-state index in [1.54, 1.807) is 24.3 Å². The molecule has 0 aliphatic carbocycles. The van der Waals surface area contributed by atoms with Crippen LogP contribution in [0, 0.1) is 5.82 Å². The molecule has 1 N–H and O–H groups in total. The van der Waals surface area contributed by atoms with Gasteiger partial charge in [-0.05, 0) is 42.5 Å². The summed E-state index contributed by atoms with van der Waals surface area (Å²) < 4.78 is 45.3. The minimum atomic E-state index is -3.83. The van der Waals surface area contributed by atoms with Crippen molar-refractivity contribution in [1.82, 2.24) is 14.9 Å². The zero-order valence-corrected chi connectivity index (χ0v) is 16.6. The maximum Gasteiger partial charge on any atom is 0.242 e. The van der Waals surface area contributed by atoms with Gasteiger partial charge in [-0.3, -0.25) is 0 Å². The van der Waals surface area contributed by atoms with Gasteiger partial charge in [0, 0.05) is 18.2 Å². The predicted octanol–water partition coefficient (Wildman–Crippen LogP) is 3.95. The Morgan fingerprint density at radius 3 is 2.43 bits per heavy atom. The highest BCUT2D eigenvalue weighted by atomic mass is 35.5. The summed E-state index contributed by atoms with van der Waals surface area (Å²) in [6, 6.07) is 13.5. The number of nitrogens with one attached hydrogen (secondary N) is 1. The van der Waals surface area contributed by atoms with Crippen LogP contribution < -0.4 is 9.46 Å². The third kappa shape index (κ3) is 4.96. The maximum atomic E-state index is 13.0. The first kappa shape index (κ1) is 20.5. The SMILES string of the molecule is O=S(=O)(NCCOc1ccc(-c2ccc(F)cc2)nn1)c1cccc(Cl)c1Cl. The van der Waals surface area contributed by atoms with Gasteiger partial charge in [0.15, 0.2) is 0 Å². The van der Waals surface area contributed by atoms with E-state index >= 15 is 0 Å². The molecule has 3 aromatic rings. The average Bonchev–Trinajstić information content (AvgIpc) is 2.68. The van der Waals surface area contributed by atoms with E-state index < -0.39 is 10.0 Å². The molecule has 0 fully saturated rings. The molecule has 0 unspecified atom stereocenters. The van der Waals surface area contributed by atoms with Crippen LogP contribution in [0.3, 0.4) is 0 Å². The number of ether oxygens (including phenoxy) is 1. The molecule has 6 nitrogen and oxygen atoms in total. The lowest BCUT2D eigenvalue weighted by Crippen LogP contribution is -2.28. The Bertz CT molecular complexity index is 1060. The van der Waals surface area contributed by atoms with Crippen LogP contribution in [-0.4, -0.2) is 31.8 Å². The van der Waals surface area contributed by atoms with Crippen molar-refractivity contribution in [2.45, 2.75) is 4.90 Å². The number of rotatable bonds is 7. The van der Waals surface area contributed by atoms with Gasteiger partial charge in [-0.25, -0.2) is 17.5 Å². The molecule has 0 saturated heterocycles. The van der Waals surface area contributed by atoms with E-state index in [1.165, 1.54) is 30.3 Å². The van der Waals surface area contributed by atoms with Crippen LogP contribution in [0.25, 0.3) is 11.3 Å². The van der Waals surface area contributed by atoms with Gasteiger partial charge in [0.05, 0.1) is 15.7 Å². The molecular formula is C18H14Cl2FN3O3S. The van der Waals surface area contributed by atoms with Gasteiger partial charge in [-0.1, -0.05) is 29.3 Å². The first-order valence-corrected chi connectivity index (χ1v) is 10.3. The highest BCUT2D eigenvalue weighted by Crippen LogP contribution is 2.28. The number of hydrogen-bond acceptors (Lipinski definition) is 5. The predicted molar refractivity (Wildman–Crippen MR) is 105 cm³/mol. The molecule has 146 valence electrons. The summed E-state index contributed by atoms with van der Waals surface area (Å²) in [6.07, 6.45) is 0. The van der Waals surface area contributed by atoms with Crippen molar-refractivity contribution in [1.29, 1.82) is 0 Å². The second-order valence-electron chi connectivity index (χ2n) is 5.56. The summed E-state index contributed by atoms with van der Waals surface area (Å²) in [6.45, 7) is 0.0224. The fraction of sp³-hybridized carbons (Fsp3) is 0.111. The second kappa shape index (κ2) is 8.83. The van der Waals surface area contributed by atoms with Gasteiger partial charge in [-0.15, -0.1) is 10.2 Å². The molecule has 0 amide bonds. The summed E-state index contributed by atoms with van der Waals surface area (Å²) in [5.41, 5.74) is 1.27. The number of halogens is 3. The summed E-state index contributed by atoms with van der Waals surface area (Å²) in [5, 5.41) is 8.03. The Labute approximate surface area is 171 Å². The number of nitrogens with zero attached hydrogens (tertiary/aromatic N) is 2. The highest BCUT2D eigenvalue weighted by Gasteiger charge is 2.18. The van der Waals surface area contributed by atoms with Crippen molar-refractivity contribution in [2.24, 2.45) is 0 Å². The van der Waals surface area contributed by atoms with Gasteiger partial charge >= 0.3 is 0 Å². The summed E-state index contributed by atoms with van der Waals surface area (Å²) in [4.78, 5) is -0.106. The monoisotopic (exact) mass is 441 g/mol. The average molecular weight is 442 g/mol. The normalized spacial score (nSPS) is 11.4. The van der Waals surface area contributed by atoms with E-state index in [4.69, 9.17) is 27.9 Å². The fourth-order valence-corrected chi connectivity index (χ4v) is 4.05. The second-order valence-corrected chi connectivity index (χ2v) is 8.08. The number of sulfonamides is 1. The van der Waals surface area contributed by atoms with Crippen LogP contribution in [-0.2, 0) is 10.0 Å². The van der Waals surface area contributed by atoms with Crippen molar-refractivity contribution in [2.75, 3.05) is 13.2 Å². The summed E-state index contributed by atoms with van der Waals surface area (Å²) in [5.74, 6) is -0.107. The molecule has 0 atom stereocenters. The molecule has 0 aliphatic rings. The van der Waals surface area contributed by atoms with E-state index in [0.29, 0.717) is 11.3 Å². The number of hydrogen-bond donors (Lipinski definition) is 1. The molecule has 28 heavy (non-hydrogen) atoms. The van der Waals surface area contributed by atoms with E-state index in [2.05, 4.69) is 14.9 Å². The van der Waals surface area contributed by atoms with Crippen LogP contribution >= 0.6 is 23.2 Å². The molecule has 0 saturated carbocycles. The zero-order valence-electron chi connectivity index (χ0n) is 14.3. The van der Waals surface area contributed by atoms with Crippen molar-refractivity contribution < 1.29 is 17.5 Å². The molecule has 1 heterocycles. The quantitative estimate of drug-likeness (QED) is 0.561. The summed E-state index contributed by atoms with van der Waals surface area (Å²) in [7, 11) is -3.83. The molecular weight excluding hydrogens is 428 g/mol. The van der Waals surface area contributed by atoms with Gasteiger partial charge in [0.1, 0.15) is 17.3 Å². The standard InChI is InChI=1S/C18H14Cl2FN3O3S/c19-14-2-1-3-16(18(14)20)28(25,26)22-10-11-27-17-9-8-15(23-24-17)12-4-6-13(21)7-5-12/h1-9,22H,10-11H2. The fourth-order valence-electron chi connectivity index (χ4n) is 2.27. The lowest BCUT2D eigenvalue weighted by Gasteiger charge is -2.10. The van der Waals surface area contributed by atoms with Gasteiger partial charge in [0.2, 0.25) is 15.9 Å². The molecule has 10 heteroatoms. The van der Waals surface area contributed by atoms with Gasteiger partial charge in [0.25, 0.3) is 0 Å². The molecule has 3 rings (SSSR count). The van der Waals surface area contributed by atoms with E-state index in [0.717, 1.165) is 0 Å². The topological polar surface area (TPSA) is 81.2 Å². The molecule has 0 spiro atoms. The lowest BCUT2D eigenvalue weighted by molar-refractivity contribution is 0.307. The first-order chi connectivity index (χ1) is 13.4. The first-order valence-electron chi connectivity index (χ1n) is 8.03. The Kier molecular flexibility index (Phi) is 6.46. The zero-order chi connectivity index (χ0) is 20.1. The van der Waals surface area contributed by atoms with Crippen molar-refractivity contribution in [3.8, 4) is 17.1 Å². The molecule has 2 aromatic carbocycles. The van der Waals surface area contributed by atoms with Gasteiger partial charge in [-0.2, -0.15) is 0 Å². The largest absolute Gasteiger partial charge is 0.475 e.